The Balaban J connectivity index is 3.02. The summed E-state index contributed by atoms with van der Waals surface area (Å²) >= 11 is 11.6. The second-order valence-electron chi connectivity index (χ2n) is 4.39. The highest BCUT2D eigenvalue weighted by Crippen LogP contribution is 2.24. The molecule has 0 aromatic heterocycles. The molecule has 17 heavy (non-hydrogen) atoms. The van der Waals surface area contributed by atoms with Crippen LogP contribution in [0.25, 0.3) is 0 Å². The van der Waals surface area contributed by atoms with Crippen molar-refractivity contribution in [3.63, 3.8) is 0 Å². The molecule has 0 spiro atoms. The topological polar surface area (TPSA) is 72.2 Å². The third-order valence-electron chi connectivity index (χ3n) is 1.90. The molecule has 1 aromatic carbocycles. The maximum absolute atomic E-state index is 11.9. The van der Waals surface area contributed by atoms with Gasteiger partial charge in [-0.05, 0) is 32.0 Å². The summed E-state index contributed by atoms with van der Waals surface area (Å²) in [7, 11) is -3.69. The van der Waals surface area contributed by atoms with E-state index in [0.29, 0.717) is 5.02 Å². The van der Waals surface area contributed by atoms with Gasteiger partial charge in [0.2, 0.25) is 10.0 Å². The van der Waals surface area contributed by atoms with Crippen LogP contribution in [0.4, 0.5) is 0 Å². The standard InChI is InChI=1S/C10H14Cl2N2O2S/c1-10(2,13)6-14-17(15,16)9-5-7(11)3-4-8(9)12/h3-5,14H,6,13H2,1-2H3. The minimum absolute atomic E-state index is 0.0454. The van der Waals surface area contributed by atoms with E-state index in [4.69, 9.17) is 28.9 Å². The van der Waals surface area contributed by atoms with Crippen LogP contribution in [0.2, 0.25) is 10.0 Å². The molecule has 0 fully saturated rings. The van der Waals surface area contributed by atoms with Crippen molar-refractivity contribution in [3.8, 4) is 0 Å². The van der Waals surface area contributed by atoms with Crippen molar-refractivity contribution >= 4 is 33.2 Å². The number of benzene rings is 1. The molecule has 3 N–H and O–H groups in total. The molecule has 0 heterocycles. The molecule has 96 valence electrons. The summed E-state index contributed by atoms with van der Waals surface area (Å²) in [6.07, 6.45) is 0. The van der Waals surface area contributed by atoms with Gasteiger partial charge in [0.25, 0.3) is 0 Å². The van der Waals surface area contributed by atoms with E-state index < -0.39 is 15.6 Å². The number of rotatable bonds is 4. The second-order valence-corrected chi connectivity index (χ2v) is 6.97. The lowest BCUT2D eigenvalue weighted by molar-refractivity contribution is 0.498. The van der Waals surface area contributed by atoms with E-state index in [0.717, 1.165) is 0 Å². The van der Waals surface area contributed by atoms with Crippen LogP contribution in [-0.2, 0) is 10.0 Å². The SMILES string of the molecule is CC(C)(N)CNS(=O)(=O)c1cc(Cl)ccc1Cl. The van der Waals surface area contributed by atoms with Crippen LogP contribution in [0.15, 0.2) is 23.1 Å². The smallest absolute Gasteiger partial charge is 0.242 e. The number of halogens is 2. The van der Waals surface area contributed by atoms with Crippen LogP contribution in [-0.4, -0.2) is 20.5 Å². The predicted molar refractivity (Wildman–Crippen MR) is 69.9 cm³/mol. The molecule has 0 bridgehead atoms. The Bertz CT molecular complexity index is 510. The third-order valence-corrected chi connectivity index (χ3v) is 4.02. The molecular formula is C10H14Cl2N2O2S. The van der Waals surface area contributed by atoms with Crippen LogP contribution >= 0.6 is 23.2 Å². The Morgan fingerprint density at radius 1 is 1.35 bits per heavy atom. The lowest BCUT2D eigenvalue weighted by atomic mass is 10.1. The highest BCUT2D eigenvalue weighted by molar-refractivity contribution is 7.89. The summed E-state index contributed by atoms with van der Waals surface area (Å²) < 4.78 is 26.3. The van der Waals surface area contributed by atoms with E-state index in [1.54, 1.807) is 13.8 Å². The molecule has 7 heteroatoms. The number of hydrogen-bond acceptors (Lipinski definition) is 3. The number of nitrogens with one attached hydrogen (secondary N) is 1. The Hall–Kier alpha value is -0.330. The van der Waals surface area contributed by atoms with Crippen LogP contribution in [0, 0.1) is 0 Å². The van der Waals surface area contributed by atoms with E-state index in [9.17, 15) is 8.42 Å². The normalized spacial score (nSPS) is 12.8. The summed E-state index contributed by atoms with van der Waals surface area (Å²) in [5.41, 5.74) is 5.06. The van der Waals surface area contributed by atoms with E-state index in [2.05, 4.69) is 4.72 Å². The van der Waals surface area contributed by atoms with E-state index in [1.807, 2.05) is 0 Å². The van der Waals surface area contributed by atoms with Crippen LogP contribution in [0.5, 0.6) is 0 Å². The molecule has 0 aliphatic rings. The molecule has 1 rings (SSSR count). The van der Waals surface area contributed by atoms with Crippen molar-refractivity contribution in [1.29, 1.82) is 0 Å². The van der Waals surface area contributed by atoms with Crippen LogP contribution < -0.4 is 10.5 Å². The van der Waals surface area contributed by atoms with E-state index >= 15 is 0 Å². The Kier molecular flexibility index (Phi) is 4.43. The van der Waals surface area contributed by atoms with E-state index in [-0.39, 0.29) is 16.5 Å². The molecule has 0 atom stereocenters. The lowest BCUT2D eigenvalue weighted by Crippen LogP contribution is -2.45. The third kappa shape index (κ3) is 4.44. The highest BCUT2D eigenvalue weighted by Gasteiger charge is 2.21. The van der Waals surface area contributed by atoms with Crippen molar-refractivity contribution < 1.29 is 8.42 Å². The summed E-state index contributed by atoms with van der Waals surface area (Å²) in [4.78, 5) is -0.0454. The van der Waals surface area contributed by atoms with Crippen molar-refractivity contribution in [2.45, 2.75) is 24.3 Å². The minimum Gasteiger partial charge on any atom is -0.324 e. The van der Waals surface area contributed by atoms with Gasteiger partial charge in [0.15, 0.2) is 0 Å². The fraction of sp³-hybridized carbons (Fsp3) is 0.400. The van der Waals surface area contributed by atoms with Crippen molar-refractivity contribution in [1.82, 2.24) is 4.72 Å². The van der Waals surface area contributed by atoms with Crippen molar-refractivity contribution in [2.75, 3.05) is 6.54 Å². The average Bonchev–Trinajstić information content (AvgIpc) is 2.18. The van der Waals surface area contributed by atoms with Crippen molar-refractivity contribution in [2.24, 2.45) is 5.73 Å². The number of hydrogen-bond donors (Lipinski definition) is 2. The maximum atomic E-state index is 11.9. The Morgan fingerprint density at radius 2 is 1.94 bits per heavy atom. The fourth-order valence-electron chi connectivity index (χ4n) is 1.04. The minimum atomic E-state index is -3.69. The first-order valence-electron chi connectivity index (χ1n) is 4.85. The molecular weight excluding hydrogens is 283 g/mol. The summed E-state index contributed by atoms with van der Waals surface area (Å²) in [5, 5.41) is 0.429. The van der Waals surface area contributed by atoms with Crippen LogP contribution in [0.3, 0.4) is 0 Å². The molecule has 4 nitrogen and oxygen atoms in total. The van der Waals surface area contributed by atoms with Gasteiger partial charge in [0.05, 0.1) is 5.02 Å². The molecule has 0 aliphatic carbocycles. The van der Waals surface area contributed by atoms with E-state index in [1.165, 1.54) is 18.2 Å². The molecule has 0 amide bonds. The zero-order chi connectivity index (χ0) is 13.3. The monoisotopic (exact) mass is 296 g/mol. The second kappa shape index (κ2) is 5.12. The number of sulfonamides is 1. The average molecular weight is 297 g/mol. The summed E-state index contributed by atoms with van der Waals surface area (Å²) in [5.74, 6) is 0. The maximum Gasteiger partial charge on any atom is 0.242 e. The molecule has 0 radical (unpaired) electrons. The zero-order valence-electron chi connectivity index (χ0n) is 9.50. The van der Waals surface area contributed by atoms with Gasteiger partial charge in [0, 0.05) is 17.1 Å². The molecule has 0 aliphatic heterocycles. The molecule has 0 saturated carbocycles. The van der Waals surface area contributed by atoms with Gasteiger partial charge >= 0.3 is 0 Å². The summed E-state index contributed by atoms with van der Waals surface area (Å²) in [6, 6.07) is 4.26. The van der Waals surface area contributed by atoms with Gasteiger partial charge in [-0.1, -0.05) is 23.2 Å². The van der Waals surface area contributed by atoms with Gasteiger partial charge in [-0.15, -0.1) is 0 Å². The van der Waals surface area contributed by atoms with Gasteiger partial charge in [0.1, 0.15) is 4.90 Å². The van der Waals surface area contributed by atoms with Gasteiger partial charge < -0.3 is 5.73 Å². The summed E-state index contributed by atoms with van der Waals surface area (Å²) in [6.45, 7) is 3.54. The predicted octanol–water partition coefficient (Wildman–Crippen LogP) is 2.01. The highest BCUT2D eigenvalue weighted by atomic mass is 35.5. The fourth-order valence-corrected chi connectivity index (χ4v) is 3.03. The molecule has 0 saturated heterocycles. The van der Waals surface area contributed by atoms with Crippen molar-refractivity contribution in [3.05, 3.63) is 28.2 Å². The Labute approximate surface area is 111 Å². The van der Waals surface area contributed by atoms with Gasteiger partial charge in [-0.2, -0.15) is 0 Å². The first-order chi connectivity index (χ1) is 7.62. The quantitative estimate of drug-likeness (QED) is 0.893. The molecule has 0 unspecified atom stereocenters. The first kappa shape index (κ1) is 14.7. The zero-order valence-corrected chi connectivity index (χ0v) is 11.8. The largest absolute Gasteiger partial charge is 0.324 e. The lowest BCUT2D eigenvalue weighted by Gasteiger charge is -2.19. The molecule has 1 aromatic rings. The van der Waals surface area contributed by atoms with Gasteiger partial charge in [-0.3, -0.25) is 0 Å². The Morgan fingerprint density at radius 3 is 2.47 bits per heavy atom. The van der Waals surface area contributed by atoms with Crippen LogP contribution in [0.1, 0.15) is 13.8 Å². The number of nitrogens with two attached hydrogens (primary N) is 1. The first-order valence-corrected chi connectivity index (χ1v) is 7.09. The van der Waals surface area contributed by atoms with Gasteiger partial charge in [-0.25, -0.2) is 13.1 Å².